The Morgan fingerprint density at radius 3 is 1.72 bits per heavy atom. The molecule has 3 heteroatoms. The molecule has 4 aliphatic carbocycles. The van der Waals surface area contributed by atoms with Gasteiger partial charge in [0.25, 0.3) is 0 Å². The number of ketones is 1. The van der Waals surface area contributed by atoms with Crippen molar-refractivity contribution >= 4 is 16.6 Å². The van der Waals surface area contributed by atoms with Crippen molar-refractivity contribution in [3.8, 4) is 11.5 Å². The monoisotopic (exact) mass is 334 g/mol. The van der Waals surface area contributed by atoms with Crippen molar-refractivity contribution in [3.05, 3.63) is 35.4 Å². The lowest BCUT2D eigenvalue weighted by atomic mass is 9.68. The molecule has 0 aromatic heterocycles. The Kier molecular flexibility index (Phi) is 2.59. The van der Waals surface area contributed by atoms with Crippen LogP contribution in [0.15, 0.2) is 24.3 Å². The van der Waals surface area contributed by atoms with Crippen molar-refractivity contribution < 1.29 is 14.3 Å². The highest BCUT2D eigenvalue weighted by atomic mass is 16.5. The highest BCUT2D eigenvalue weighted by molar-refractivity contribution is 5.98. The largest absolute Gasteiger partial charge is 0.496 e. The van der Waals surface area contributed by atoms with E-state index in [-0.39, 0.29) is 0 Å². The average Bonchev–Trinajstić information content (AvgIpc) is 3.37. The minimum absolute atomic E-state index is 0.306. The van der Waals surface area contributed by atoms with E-state index in [0.29, 0.717) is 41.3 Å². The molecule has 0 saturated heterocycles. The van der Waals surface area contributed by atoms with Gasteiger partial charge in [-0.2, -0.15) is 0 Å². The van der Waals surface area contributed by atoms with E-state index in [1.165, 1.54) is 17.5 Å². The fourth-order valence-corrected chi connectivity index (χ4v) is 7.12. The van der Waals surface area contributed by atoms with E-state index in [4.69, 9.17) is 9.47 Å². The van der Waals surface area contributed by atoms with E-state index in [2.05, 4.69) is 24.3 Å². The second-order valence-corrected chi connectivity index (χ2v) is 8.24. The number of rotatable bonds is 2. The summed E-state index contributed by atoms with van der Waals surface area (Å²) in [6.07, 6.45) is 3.39. The molecule has 4 aliphatic rings. The number of benzene rings is 2. The highest BCUT2D eigenvalue weighted by Crippen LogP contribution is 2.73. The topological polar surface area (TPSA) is 35.5 Å². The molecule has 2 aromatic carbocycles. The fourth-order valence-electron chi connectivity index (χ4n) is 7.12. The first-order valence-electron chi connectivity index (χ1n) is 9.46. The van der Waals surface area contributed by atoms with Gasteiger partial charge >= 0.3 is 0 Å². The summed E-state index contributed by atoms with van der Waals surface area (Å²) in [4.78, 5) is 12.7. The van der Waals surface area contributed by atoms with Gasteiger partial charge in [-0.25, -0.2) is 0 Å². The van der Waals surface area contributed by atoms with Crippen molar-refractivity contribution in [1.82, 2.24) is 0 Å². The van der Waals surface area contributed by atoms with Gasteiger partial charge in [0.2, 0.25) is 0 Å². The summed E-state index contributed by atoms with van der Waals surface area (Å²) in [6.45, 7) is 0. The van der Waals surface area contributed by atoms with Gasteiger partial charge in [0.1, 0.15) is 17.3 Å². The molecule has 0 radical (unpaired) electrons. The van der Waals surface area contributed by atoms with E-state index < -0.39 is 0 Å². The van der Waals surface area contributed by atoms with Crippen molar-refractivity contribution in [1.29, 1.82) is 0 Å². The van der Waals surface area contributed by atoms with Crippen molar-refractivity contribution in [2.45, 2.75) is 31.1 Å². The molecule has 3 fully saturated rings. The van der Waals surface area contributed by atoms with Crippen LogP contribution in [0.25, 0.3) is 10.8 Å². The third kappa shape index (κ3) is 1.44. The van der Waals surface area contributed by atoms with Crippen molar-refractivity contribution in [2.24, 2.45) is 23.7 Å². The van der Waals surface area contributed by atoms with Gasteiger partial charge in [0.15, 0.2) is 0 Å². The smallest absolute Gasteiger partial charge is 0.139 e. The molecule has 128 valence electrons. The van der Waals surface area contributed by atoms with Crippen LogP contribution in [0.5, 0.6) is 11.5 Å². The van der Waals surface area contributed by atoms with Crippen LogP contribution >= 0.6 is 0 Å². The summed E-state index contributed by atoms with van der Waals surface area (Å²) in [5.74, 6) is 5.24. The Labute approximate surface area is 147 Å². The Bertz CT molecular complexity index is 858. The molecule has 2 aromatic rings. The van der Waals surface area contributed by atoms with E-state index in [1.54, 1.807) is 14.2 Å². The third-order valence-corrected chi connectivity index (χ3v) is 7.68. The van der Waals surface area contributed by atoms with Crippen LogP contribution in [0, 0.1) is 23.7 Å². The van der Waals surface area contributed by atoms with Gasteiger partial charge in [0, 0.05) is 33.7 Å². The zero-order valence-electron chi connectivity index (χ0n) is 14.6. The number of hydrogen-bond donors (Lipinski definition) is 0. The molecule has 0 heterocycles. The molecular weight excluding hydrogens is 312 g/mol. The zero-order valence-corrected chi connectivity index (χ0v) is 14.6. The molecule has 0 unspecified atom stereocenters. The van der Waals surface area contributed by atoms with Crippen LogP contribution in [0.2, 0.25) is 0 Å². The summed E-state index contributed by atoms with van der Waals surface area (Å²) in [7, 11) is 3.56. The lowest BCUT2D eigenvalue weighted by Crippen LogP contribution is -2.28. The quantitative estimate of drug-likeness (QED) is 0.769. The Balaban J connectivity index is 1.67. The molecule has 6 rings (SSSR count). The molecule has 3 nitrogen and oxygen atoms in total. The third-order valence-electron chi connectivity index (χ3n) is 7.68. The van der Waals surface area contributed by atoms with Gasteiger partial charge < -0.3 is 9.47 Å². The Morgan fingerprint density at radius 1 is 0.800 bits per heavy atom. The molecule has 0 N–H and O–H groups in total. The fraction of sp³-hybridized carbons (Fsp3) is 0.500. The van der Waals surface area contributed by atoms with Gasteiger partial charge in [-0.3, -0.25) is 4.79 Å². The normalized spacial score (nSPS) is 36.8. The first kappa shape index (κ1) is 14.2. The number of fused-ring (bicyclic) bond motifs is 13. The summed E-state index contributed by atoms with van der Waals surface area (Å²) in [5, 5.41) is 2.28. The minimum Gasteiger partial charge on any atom is -0.496 e. The van der Waals surface area contributed by atoms with E-state index in [0.717, 1.165) is 35.1 Å². The molecule has 0 spiro atoms. The van der Waals surface area contributed by atoms with E-state index in [1.807, 2.05) is 0 Å². The minimum atomic E-state index is 0.306. The standard InChI is InChI=1S/C22H22O3/c1-24-21-10-5-3-4-6-11(10)22(25-2)19-15-9-14(18(19)21)16-12-7-8-13(17(15)16)20(12)23/h3-6,12-17H,7-9H2,1-2H3/t12-,13+,14+,15-,16-,17+. The number of hydrogen-bond acceptors (Lipinski definition) is 3. The van der Waals surface area contributed by atoms with Crippen molar-refractivity contribution in [2.75, 3.05) is 14.2 Å². The summed E-state index contributed by atoms with van der Waals surface area (Å²) in [5.41, 5.74) is 2.70. The van der Waals surface area contributed by atoms with Crippen LogP contribution in [-0.4, -0.2) is 20.0 Å². The van der Waals surface area contributed by atoms with Crippen LogP contribution in [0.3, 0.4) is 0 Å². The van der Waals surface area contributed by atoms with Crippen LogP contribution in [0.4, 0.5) is 0 Å². The maximum Gasteiger partial charge on any atom is 0.139 e. The molecule has 6 atom stereocenters. The van der Waals surface area contributed by atoms with Gasteiger partial charge in [-0.15, -0.1) is 0 Å². The maximum atomic E-state index is 12.7. The van der Waals surface area contributed by atoms with Gasteiger partial charge in [-0.05, 0) is 42.9 Å². The molecular formula is C22H22O3. The predicted molar refractivity (Wildman–Crippen MR) is 95.4 cm³/mol. The Hall–Kier alpha value is -2.03. The lowest BCUT2D eigenvalue weighted by Gasteiger charge is -2.36. The molecule has 25 heavy (non-hydrogen) atoms. The molecule has 0 aliphatic heterocycles. The zero-order chi connectivity index (χ0) is 16.9. The number of carbonyl (C=O) groups excluding carboxylic acids is 1. The molecule has 3 saturated carbocycles. The van der Waals surface area contributed by atoms with E-state index in [9.17, 15) is 4.79 Å². The second kappa shape index (κ2) is 4.57. The number of Topliss-reactive ketones (excluding diaryl/α,β-unsaturated/α-hetero) is 1. The summed E-state index contributed by atoms with van der Waals surface area (Å²) < 4.78 is 11.9. The second-order valence-electron chi connectivity index (χ2n) is 8.24. The number of carbonyl (C=O) groups is 1. The average molecular weight is 334 g/mol. The SMILES string of the molecule is COc1c2c(c(OC)c3ccccc13)[C@@H]1C[C@H]2[C@@H]2[C@H]1[C@@H]1CC[C@H]2C1=O. The lowest BCUT2D eigenvalue weighted by molar-refractivity contribution is -0.122. The first-order chi connectivity index (χ1) is 12.3. The molecule has 4 bridgehead atoms. The number of ether oxygens (including phenoxy) is 2. The Morgan fingerprint density at radius 2 is 1.28 bits per heavy atom. The number of methoxy groups -OCH3 is 2. The van der Waals surface area contributed by atoms with Crippen LogP contribution < -0.4 is 9.47 Å². The highest BCUT2D eigenvalue weighted by Gasteiger charge is 2.66. The summed E-state index contributed by atoms with van der Waals surface area (Å²) >= 11 is 0. The van der Waals surface area contributed by atoms with E-state index >= 15 is 0 Å². The van der Waals surface area contributed by atoms with Gasteiger partial charge in [0.05, 0.1) is 14.2 Å². The molecule has 0 amide bonds. The van der Waals surface area contributed by atoms with Crippen LogP contribution in [-0.2, 0) is 4.79 Å². The van der Waals surface area contributed by atoms with Gasteiger partial charge in [-0.1, -0.05) is 24.3 Å². The van der Waals surface area contributed by atoms with Crippen molar-refractivity contribution in [3.63, 3.8) is 0 Å². The first-order valence-corrected chi connectivity index (χ1v) is 9.46. The summed E-state index contributed by atoms with van der Waals surface area (Å²) in [6, 6.07) is 8.39. The van der Waals surface area contributed by atoms with Crippen LogP contribution in [0.1, 0.15) is 42.2 Å². The maximum absolute atomic E-state index is 12.7. The predicted octanol–water partition coefficient (Wildman–Crippen LogP) is 4.28.